The predicted octanol–water partition coefficient (Wildman–Crippen LogP) is 6.85. The number of nitrogens with one attached hydrogen (secondary N) is 4. The van der Waals surface area contributed by atoms with Crippen LogP contribution in [0.5, 0.6) is 11.5 Å². The van der Waals surface area contributed by atoms with Crippen LogP contribution in [0.4, 0.5) is 34.6 Å². The van der Waals surface area contributed by atoms with Crippen molar-refractivity contribution in [2.24, 2.45) is 0 Å². The Balaban J connectivity index is 0.000000166. The normalized spacial score (nSPS) is 18.1. The van der Waals surface area contributed by atoms with E-state index in [2.05, 4.69) is 94.4 Å². The van der Waals surface area contributed by atoms with Crippen molar-refractivity contribution in [3.05, 3.63) is 83.1 Å². The maximum Gasteiger partial charge on any atom is 0.136 e. The second-order valence-corrected chi connectivity index (χ2v) is 18.1. The molecule has 4 N–H and O–H groups in total. The summed E-state index contributed by atoms with van der Waals surface area (Å²) in [6.45, 7) is 18.1. The van der Waals surface area contributed by atoms with Gasteiger partial charge in [-0.25, -0.2) is 9.97 Å². The summed E-state index contributed by atoms with van der Waals surface area (Å²) in [4.78, 5) is 30.2. The fourth-order valence-electron chi connectivity index (χ4n) is 8.55. The van der Waals surface area contributed by atoms with Gasteiger partial charge in [0.05, 0.1) is 31.5 Å². The minimum atomic E-state index is 0.442. The number of rotatable bonds is 14. The minimum absolute atomic E-state index is 0.442. The third-order valence-electron chi connectivity index (χ3n) is 12.6. The van der Waals surface area contributed by atoms with Gasteiger partial charge in [0, 0.05) is 155 Å². The quantitative estimate of drug-likeness (QED) is 0.0907. The van der Waals surface area contributed by atoms with Crippen LogP contribution in [0, 0.1) is 0 Å². The highest BCUT2D eigenvalue weighted by Crippen LogP contribution is 2.34. The van der Waals surface area contributed by atoms with E-state index in [-0.39, 0.29) is 0 Å². The van der Waals surface area contributed by atoms with Gasteiger partial charge in [0.1, 0.15) is 53.1 Å². The Bertz CT molecular complexity index is 2500. The molecule has 0 unspecified atom stereocenters. The zero-order valence-corrected chi connectivity index (χ0v) is 39.5. The van der Waals surface area contributed by atoms with Crippen LogP contribution in [0.1, 0.15) is 0 Å². The topological polar surface area (TPSA) is 138 Å². The Kier molecular flexibility index (Phi) is 15.5. The first kappa shape index (κ1) is 46.1. The number of aromatic amines is 2. The van der Waals surface area contributed by atoms with E-state index in [1.54, 1.807) is 0 Å². The molecule has 0 bridgehead atoms. The number of hydrogen-bond donors (Lipinski definition) is 4. The van der Waals surface area contributed by atoms with Crippen molar-refractivity contribution in [1.82, 2.24) is 39.5 Å². The molecule has 4 aliphatic heterocycles. The number of fused-ring (bicyclic) bond motifs is 2. The molecule has 10 rings (SSSR count). The summed E-state index contributed by atoms with van der Waals surface area (Å²) in [5.74, 6) is 4.97. The van der Waals surface area contributed by atoms with Crippen molar-refractivity contribution in [2.75, 3.05) is 166 Å². The van der Waals surface area contributed by atoms with Gasteiger partial charge in [-0.3, -0.25) is 9.80 Å². The van der Waals surface area contributed by atoms with Crippen molar-refractivity contribution >= 4 is 79.7 Å². The van der Waals surface area contributed by atoms with E-state index < -0.39 is 0 Å². The number of hydrogen-bond acceptors (Lipinski definition) is 14. The van der Waals surface area contributed by atoms with Gasteiger partial charge in [-0.1, -0.05) is 23.2 Å². The van der Waals surface area contributed by atoms with Gasteiger partial charge in [-0.05, 0) is 56.6 Å². The average Bonchev–Trinajstić information content (AvgIpc) is 3.93. The third-order valence-corrected chi connectivity index (χ3v) is 13.3. The first-order chi connectivity index (χ1) is 32.3. The molecule has 4 fully saturated rings. The largest absolute Gasteiger partial charge is 0.492 e. The second-order valence-electron chi connectivity index (χ2n) is 17.3. The highest BCUT2D eigenvalue weighted by Gasteiger charge is 2.19. The van der Waals surface area contributed by atoms with Crippen LogP contribution >= 0.6 is 23.2 Å². The Morgan fingerprint density at radius 1 is 0.591 bits per heavy atom. The van der Waals surface area contributed by atoms with E-state index in [0.717, 1.165) is 167 Å². The minimum Gasteiger partial charge on any atom is -0.492 e. The lowest BCUT2D eigenvalue weighted by Gasteiger charge is -2.32. The highest BCUT2D eigenvalue weighted by atomic mass is 35.5. The number of likely N-dealkylation sites (N-methyl/N-ethyl adjacent to an activating group) is 2. The molecule has 2 aromatic carbocycles. The Morgan fingerprint density at radius 2 is 1.09 bits per heavy atom. The molecule has 16 nitrogen and oxygen atoms in total. The molecule has 66 heavy (non-hydrogen) atoms. The molecule has 8 heterocycles. The molecule has 4 aromatic heterocycles. The van der Waals surface area contributed by atoms with Crippen molar-refractivity contribution in [3.8, 4) is 11.5 Å². The van der Waals surface area contributed by atoms with E-state index in [9.17, 15) is 0 Å². The third kappa shape index (κ3) is 12.3. The van der Waals surface area contributed by atoms with E-state index in [4.69, 9.17) is 52.1 Å². The molecule has 0 saturated carbocycles. The molecule has 4 aliphatic rings. The van der Waals surface area contributed by atoms with Crippen LogP contribution in [0.25, 0.3) is 21.8 Å². The number of anilines is 6. The van der Waals surface area contributed by atoms with Crippen molar-refractivity contribution in [1.29, 1.82) is 0 Å². The second kappa shape index (κ2) is 22.2. The maximum atomic E-state index is 6.35. The summed E-state index contributed by atoms with van der Waals surface area (Å²) in [5, 5.41) is 9.88. The number of nitrogens with zero attached hydrogens (tertiary/aromatic N) is 8. The fourth-order valence-corrected chi connectivity index (χ4v) is 8.95. The molecular weight excluding hydrogens is 880 g/mol. The van der Waals surface area contributed by atoms with Gasteiger partial charge in [-0.2, -0.15) is 0 Å². The first-order valence-corrected chi connectivity index (χ1v) is 23.9. The molecule has 0 spiro atoms. The van der Waals surface area contributed by atoms with Gasteiger partial charge in [0.15, 0.2) is 0 Å². The summed E-state index contributed by atoms with van der Waals surface area (Å²) < 4.78 is 23.4. The number of piperazine rings is 2. The van der Waals surface area contributed by atoms with Crippen LogP contribution < -0.4 is 29.9 Å². The van der Waals surface area contributed by atoms with Crippen molar-refractivity contribution < 1.29 is 18.9 Å². The lowest BCUT2D eigenvalue weighted by atomic mass is 10.2. The van der Waals surface area contributed by atoms with Gasteiger partial charge < -0.3 is 59.1 Å². The SMILES string of the molecule is CN1CCN(CCOc2cc(Nc3ccc4[nH]c(Cl)c(Cl)c4c3)nc(N3CCOCC3)c2)CC1.CN1CCN(CCOc2cc(Nc3ccc4[nH]ccc4c3)nc(N3CCOCC3)c2)CC1. The summed E-state index contributed by atoms with van der Waals surface area (Å²) in [5.41, 5.74) is 3.90. The Labute approximate surface area is 397 Å². The van der Waals surface area contributed by atoms with Crippen LogP contribution in [-0.4, -0.2) is 185 Å². The number of H-pyrrole nitrogens is 2. The van der Waals surface area contributed by atoms with Gasteiger partial charge in [0.2, 0.25) is 0 Å². The fraction of sp³-hybridized carbons (Fsp3) is 0.458. The van der Waals surface area contributed by atoms with Crippen LogP contribution in [0.3, 0.4) is 0 Å². The Hall–Kier alpha value is -5.04. The summed E-state index contributed by atoms with van der Waals surface area (Å²) in [6, 6.07) is 22.3. The molecule has 18 heteroatoms. The van der Waals surface area contributed by atoms with Crippen molar-refractivity contribution in [2.45, 2.75) is 0 Å². The van der Waals surface area contributed by atoms with E-state index >= 15 is 0 Å². The zero-order chi connectivity index (χ0) is 45.2. The molecular formula is C48H62Cl2N12O4. The molecule has 0 radical (unpaired) electrons. The van der Waals surface area contributed by atoms with E-state index in [1.165, 1.54) is 5.39 Å². The van der Waals surface area contributed by atoms with Gasteiger partial charge >= 0.3 is 0 Å². The molecule has 6 aromatic rings. The molecule has 0 amide bonds. The van der Waals surface area contributed by atoms with Crippen LogP contribution in [-0.2, 0) is 9.47 Å². The highest BCUT2D eigenvalue weighted by molar-refractivity contribution is 6.45. The van der Waals surface area contributed by atoms with Crippen LogP contribution in [0.15, 0.2) is 72.9 Å². The lowest BCUT2D eigenvalue weighted by Crippen LogP contribution is -2.45. The number of ether oxygens (including phenoxy) is 4. The molecule has 352 valence electrons. The van der Waals surface area contributed by atoms with Gasteiger partial charge in [-0.15, -0.1) is 0 Å². The van der Waals surface area contributed by atoms with Crippen molar-refractivity contribution in [3.63, 3.8) is 0 Å². The predicted molar refractivity (Wildman–Crippen MR) is 267 cm³/mol. The van der Waals surface area contributed by atoms with E-state index in [0.29, 0.717) is 36.6 Å². The van der Waals surface area contributed by atoms with Gasteiger partial charge in [0.25, 0.3) is 0 Å². The lowest BCUT2D eigenvalue weighted by molar-refractivity contribution is 0.122. The number of morpholine rings is 2. The summed E-state index contributed by atoms with van der Waals surface area (Å²) >= 11 is 12.5. The summed E-state index contributed by atoms with van der Waals surface area (Å²) in [7, 11) is 4.35. The monoisotopic (exact) mass is 940 g/mol. The molecule has 0 aliphatic carbocycles. The standard InChI is InChI=1S/C24H30Cl2N6O2.C24H32N6O2/c1-30-4-6-31(7-5-30)8-13-34-18-15-21(29-22(16-18)32-9-11-33-12-10-32)27-17-2-3-20-19(14-17)23(25)24(26)28-20;1-28-6-8-29(9-7-28)10-15-32-21-17-23(27-24(18-21)30-11-13-31-14-12-30)26-20-2-3-22-19(16-20)4-5-25-22/h2-3,14-16,28H,4-13H2,1H3,(H,27,29);2-5,16-18,25H,6-15H2,1H3,(H,26,27). The maximum absolute atomic E-state index is 6.35. The molecule has 4 saturated heterocycles. The Morgan fingerprint density at radius 3 is 1.62 bits per heavy atom. The number of aromatic nitrogens is 4. The molecule has 0 atom stereocenters. The summed E-state index contributed by atoms with van der Waals surface area (Å²) in [6.07, 6.45) is 1.96. The van der Waals surface area contributed by atoms with Crippen LogP contribution in [0.2, 0.25) is 10.2 Å². The zero-order valence-electron chi connectivity index (χ0n) is 38.0. The smallest absolute Gasteiger partial charge is 0.136 e. The number of pyridine rings is 2. The number of benzene rings is 2. The number of halogens is 2. The average molecular weight is 942 g/mol. The first-order valence-electron chi connectivity index (χ1n) is 23.1. The van der Waals surface area contributed by atoms with E-state index in [1.807, 2.05) is 42.6 Å².